The molecule has 2 heterocycles. The topological polar surface area (TPSA) is 100 Å². The molecule has 4 rings (SSSR count). The van der Waals surface area contributed by atoms with Crippen molar-refractivity contribution in [1.82, 2.24) is 4.37 Å². The van der Waals surface area contributed by atoms with E-state index in [2.05, 4.69) is 9.53 Å². The molecule has 0 aliphatic carbocycles. The molecule has 0 aliphatic heterocycles. The van der Waals surface area contributed by atoms with Gasteiger partial charge in [0.05, 0.1) is 17.0 Å². The Bertz CT molecular complexity index is 1580. The Morgan fingerprint density at radius 2 is 1.92 bits per heavy atom. The average Bonchev–Trinajstić information content (AvgIpc) is 3.23. The van der Waals surface area contributed by atoms with Crippen molar-refractivity contribution in [3.05, 3.63) is 79.2 Å². The van der Waals surface area contributed by atoms with Crippen LogP contribution in [0.3, 0.4) is 0 Å². The van der Waals surface area contributed by atoms with Crippen LogP contribution in [0.5, 0.6) is 5.75 Å². The fourth-order valence-corrected chi connectivity index (χ4v) is 5.30. The molecule has 0 fully saturated rings. The minimum absolute atomic E-state index is 0.0160. The number of nitrogens with zero attached hydrogens (tertiary/aromatic N) is 2. The van der Waals surface area contributed by atoms with E-state index in [1.165, 1.54) is 14.2 Å². The number of aryl methyl sites for hydroxylation is 1. The summed E-state index contributed by atoms with van der Waals surface area (Å²) < 4.78 is 20.8. The van der Waals surface area contributed by atoms with Gasteiger partial charge in [-0.2, -0.15) is 4.37 Å². The molecule has 0 saturated carbocycles. The highest BCUT2D eigenvalue weighted by molar-refractivity contribution is 7.11. The SMILES string of the molecule is CCc1c(-c2snc(Cl)c2Cl)c2ccc(OCc3ccccc3/C(=N\OC)C(=O)OC)c(C)c2oc1=O. The van der Waals surface area contributed by atoms with Crippen LogP contribution >= 0.6 is 34.7 Å². The number of halogens is 2. The van der Waals surface area contributed by atoms with Crippen LogP contribution in [0.4, 0.5) is 0 Å². The summed E-state index contributed by atoms with van der Waals surface area (Å²) in [5.74, 6) is -0.142. The minimum atomic E-state index is -0.640. The largest absolute Gasteiger partial charge is 0.488 e. The Morgan fingerprint density at radius 3 is 2.57 bits per heavy atom. The van der Waals surface area contributed by atoms with Gasteiger partial charge < -0.3 is 18.7 Å². The third-order valence-corrected chi connectivity index (χ3v) is 7.58. The monoisotopic (exact) mass is 560 g/mol. The van der Waals surface area contributed by atoms with Gasteiger partial charge in [0.1, 0.15) is 25.0 Å². The molecule has 0 atom stereocenters. The van der Waals surface area contributed by atoms with Crippen molar-refractivity contribution in [2.24, 2.45) is 5.16 Å². The first kappa shape index (κ1) is 26.7. The molecule has 0 N–H and O–H groups in total. The van der Waals surface area contributed by atoms with Gasteiger partial charge in [0.2, 0.25) is 0 Å². The summed E-state index contributed by atoms with van der Waals surface area (Å²) in [5, 5.41) is 5.00. The zero-order valence-electron chi connectivity index (χ0n) is 20.4. The summed E-state index contributed by atoms with van der Waals surface area (Å²) in [4.78, 5) is 30.6. The lowest BCUT2D eigenvalue weighted by Crippen LogP contribution is -2.19. The van der Waals surface area contributed by atoms with E-state index in [-0.39, 0.29) is 17.5 Å². The van der Waals surface area contributed by atoms with Crippen molar-refractivity contribution in [3.8, 4) is 16.2 Å². The third kappa shape index (κ3) is 5.07. The lowest BCUT2D eigenvalue weighted by molar-refractivity contribution is -0.132. The maximum absolute atomic E-state index is 12.9. The molecule has 2 aromatic carbocycles. The molecule has 2 aromatic heterocycles. The fraction of sp³-hybridized carbons (Fsp3) is 0.231. The van der Waals surface area contributed by atoms with E-state index in [0.29, 0.717) is 60.9 Å². The van der Waals surface area contributed by atoms with Crippen molar-refractivity contribution >= 4 is 57.4 Å². The van der Waals surface area contributed by atoms with Gasteiger partial charge in [-0.05, 0) is 42.6 Å². The highest BCUT2D eigenvalue weighted by atomic mass is 35.5. The van der Waals surface area contributed by atoms with Crippen molar-refractivity contribution in [2.45, 2.75) is 26.9 Å². The van der Waals surface area contributed by atoms with Gasteiger partial charge in [-0.1, -0.05) is 59.5 Å². The summed E-state index contributed by atoms with van der Waals surface area (Å²) in [6.07, 6.45) is 0.444. The zero-order valence-corrected chi connectivity index (χ0v) is 22.7. The smallest absolute Gasteiger partial charge is 0.360 e. The fourth-order valence-electron chi connectivity index (χ4n) is 3.99. The summed E-state index contributed by atoms with van der Waals surface area (Å²) in [7, 11) is 2.62. The number of benzene rings is 2. The number of ether oxygens (including phenoxy) is 2. The van der Waals surface area contributed by atoms with Crippen molar-refractivity contribution in [3.63, 3.8) is 0 Å². The van der Waals surface area contributed by atoms with Gasteiger partial charge in [-0.15, -0.1) is 0 Å². The summed E-state index contributed by atoms with van der Waals surface area (Å²) in [6, 6.07) is 10.7. The number of hydrogen-bond donors (Lipinski definition) is 0. The van der Waals surface area contributed by atoms with E-state index in [4.69, 9.17) is 41.9 Å². The quantitative estimate of drug-likeness (QED) is 0.109. The molecule has 0 aliphatic rings. The number of fused-ring (bicyclic) bond motifs is 1. The number of carbonyl (C=O) groups excluding carboxylic acids is 1. The van der Waals surface area contributed by atoms with Gasteiger partial charge in [0.25, 0.3) is 0 Å². The van der Waals surface area contributed by atoms with Crippen LogP contribution in [-0.4, -0.2) is 30.3 Å². The number of oxime groups is 1. The van der Waals surface area contributed by atoms with Crippen LogP contribution in [0.15, 0.2) is 50.8 Å². The maximum Gasteiger partial charge on any atom is 0.360 e. The van der Waals surface area contributed by atoms with E-state index >= 15 is 0 Å². The highest BCUT2D eigenvalue weighted by Gasteiger charge is 2.23. The van der Waals surface area contributed by atoms with E-state index in [1.807, 2.05) is 19.1 Å². The molecular formula is C26H22Cl2N2O6S. The molecule has 0 bridgehead atoms. The first-order chi connectivity index (χ1) is 17.8. The van der Waals surface area contributed by atoms with Crippen LogP contribution in [-0.2, 0) is 27.4 Å². The van der Waals surface area contributed by atoms with E-state index in [0.717, 1.165) is 11.5 Å². The van der Waals surface area contributed by atoms with E-state index in [1.54, 1.807) is 31.2 Å². The maximum atomic E-state index is 12.9. The second-order valence-electron chi connectivity index (χ2n) is 7.84. The molecular weight excluding hydrogens is 539 g/mol. The van der Waals surface area contributed by atoms with Crippen LogP contribution < -0.4 is 10.4 Å². The number of aromatic nitrogens is 1. The molecule has 0 saturated heterocycles. The van der Waals surface area contributed by atoms with Crippen LogP contribution in [0, 0.1) is 6.92 Å². The lowest BCUT2D eigenvalue weighted by atomic mass is 9.99. The van der Waals surface area contributed by atoms with Gasteiger partial charge >= 0.3 is 11.6 Å². The molecule has 192 valence electrons. The van der Waals surface area contributed by atoms with Gasteiger partial charge in [-0.25, -0.2) is 9.59 Å². The average molecular weight is 561 g/mol. The lowest BCUT2D eigenvalue weighted by Gasteiger charge is -2.15. The number of esters is 1. The molecule has 0 radical (unpaired) electrons. The zero-order chi connectivity index (χ0) is 26.7. The van der Waals surface area contributed by atoms with Crippen molar-refractivity contribution in [1.29, 1.82) is 0 Å². The number of methoxy groups -OCH3 is 1. The van der Waals surface area contributed by atoms with Crippen molar-refractivity contribution < 1.29 is 23.5 Å². The summed E-state index contributed by atoms with van der Waals surface area (Å²) >= 11 is 13.6. The van der Waals surface area contributed by atoms with E-state index < -0.39 is 11.6 Å². The Balaban J connectivity index is 1.77. The third-order valence-electron chi connectivity index (χ3n) is 5.76. The Labute approximate surface area is 226 Å². The van der Waals surface area contributed by atoms with Gasteiger partial charge in [0, 0.05) is 27.6 Å². The van der Waals surface area contributed by atoms with Crippen molar-refractivity contribution in [2.75, 3.05) is 14.2 Å². The van der Waals surface area contributed by atoms with Crippen LogP contribution in [0.1, 0.15) is 29.2 Å². The molecule has 4 aromatic rings. The van der Waals surface area contributed by atoms with Crippen LogP contribution in [0.25, 0.3) is 21.4 Å². The first-order valence-corrected chi connectivity index (χ1v) is 12.7. The molecule has 8 nitrogen and oxygen atoms in total. The van der Waals surface area contributed by atoms with Gasteiger partial charge in [0.15, 0.2) is 10.9 Å². The number of rotatable bonds is 8. The first-order valence-electron chi connectivity index (χ1n) is 11.1. The molecule has 0 amide bonds. The Morgan fingerprint density at radius 1 is 1.16 bits per heavy atom. The Hall–Kier alpha value is -3.40. The molecule has 0 unspecified atom stereocenters. The predicted molar refractivity (Wildman–Crippen MR) is 144 cm³/mol. The standard InChI is InChI=1S/C26H22Cl2N2O6S/c1-5-15-19(23-20(27)24(28)30-37-23)17-10-11-18(13(2)22(17)36-25(15)31)35-12-14-8-6-7-9-16(14)21(29-34-4)26(32)33-3/h6-11H,5,12H2,1-4H3/b29-21+. The number of carbonyl (C=O) groups is 1. The van der Waals surface area contributed by atoms with E-state index in [9.17, 15) is 9.59 Å². The number of hydrogen-bond acceptors (Lipinski definition) is 9. The Kier molecular flexibility index (Phi) is 8.16. The second kappa shape index (κ2) is 11.3. The molecule has 0 spiro atoms. The summed E-state index contributed by atoms with van der Waals surface area (Å²) in [6.45, 7) is 3.77. The second-order valence-corrected chi connectivity index (χ2v) is 9.35. The normalized spacial score (nSPS) is 11.6. The van der Waals surface area contributed by atoms with Crippen LogP contribution in [0.2, 0.25) is 10.2 Å². The summed E-state index contributed by atoms with van der Waals surface area (Å²) in [5.41, 5.74) is 2.88. The van der Waals surface area contributed by atoms with Gasteiger partial charge in [-0.3, -0.25) is 0 Å². The molecule has 11 heteroatoms. The minimum Gasteiger partial charge on any atom is -0.488 e. The molecule has 37 heavy (non-hydrogen) atoms. The highest BCUT2D eigenvalue weighted by Crippen LogP contribution is 2.43. The predicted octanol–water partition coefficient (Wildman–Crippen LogP) is 6.20.